The van der Waals surface area contributed by atoms with Gasteiger partial charge in [-0.15, -0.1) is 0 Å². The maximum atomic E-state index is 12.7. The smallest absolute Gasteiger partial charge is 0.255 e. The first-order valence-electron chi connectivity index (χ1n) is 12.2. The molecule has 2 saturated heterocycles. The predicted octanol–water partition coefficient (Wildman–Crippen LogP) is 4.77. The number of rotatable bonds is 5. The van der Waals surface area contributed by atoms with E-state index in [-0.39, 0.29) is 5.91 Å². The van der Waals surface area contributed by atoms with E-state index < -0.39 is 0 Å². The van der Waals surface area contributed by atoms with Gasteiger partial charge in [0, 0.05) is 55.3 Å². The second-order valence-corrected chi connectivity index (χ2v) is 9.42. The Kier molecular flexibility index (Phi) is 6.47. The summed E-state index contributed by atoms with van der Waals surface area (Å²) in [5, 5.41) is 1.09. The molecule has 0 N–H and O–H groups in total. The Hall–Kier alpha value is -2.70. The van der Waals surface area contributed by atoms with Gasteiger partial charge in [-0.25, -0.2) is 0 Å². The minimum absolute atomic E-state index is 0.0182. The van der Waals surface area contributed by atoms with Gasteiger partial charge in [-0.1, -0.05) is 6.42 Å². The molecule has 4 heterocycles. The lowest BCUT2D eigenvalue weighted by molar-refractivity contribution is 0.0302. The van der Waals surface area contributed by atoms with Crippen molar-refractivity contribution in [1.82, 2.24) is 14.8 Å². The number of morpholine rings is 1. The van der Waals surface area contributed by atoms with Crippen molar-refractivity contribution in [3.63, 3.8) is 0 Å². The summed E-state index contributed by atoms with van der Waals surface area (Å²) in [7, 11) is 0. The van der Waals surface area contributed by atoms with Gasteiger partial charge < -0.3 is 14.1 Å². The van der Waals surface area contributed by atoms with E-state index in [0.29, 0.717) is 44.0 Å². The lowest BCUT2D eigenvalue weighted by Gasteiger charge is -2.38. The summed E-state index contributed by atoms with van der Waals surface area (Å²) in [6, 6.07) is 13.4. The van der Waals surface area contributed by atoms with Crippen LogP contribution < -0.4 is 0 Å². The molecule has 2 aliphatic heterocycles. The molecular weight excluding hydrogens is 414 g/mol. The van der Waals surface area contributed by atoms with Crippen molar-refractivity contribution in [3.8, 4) is 11.3 Å². The van der Waals surface area contributed by atoms with Crippen LogP contribution in [0.5, 0.6) is 0 Å². The molecule has 0 radical (unpaired) electrons. The lowest BCUT2D eigenvalue weighted by Crippen LogP contribution is -2.44. The van der Waals surface area contributed by atoms with Crippen molar-refractivity contribution in [1.29, 1.82) is 0 Å². The maximum absolute atomic E-state index is 12.7. The fraction of sp³-hybridized carbons (Fsp3) is 0.481. The number of nitrogens with zero attached hydrogens (tertiary/aromatic N) is 3. The highest BCUT2D eigenvalue weighted by atomic mass is 16.5. The van der Waals surface area contributed by atoms with Crippen LogP contribution in [-0.4, -0.2) is 65.6 Å². The monoisotopic (exact) mass is 447 g/mol. The van der Waals surface area contributed by atoms with E-state index in [4.69, 9.17) is 9.15 Å². The molecule has 0 spiro atoms. The molecule has 1 aromatic carbocycles. The molecule has 0 bridgehead atoms. The Bertz CT molecular complexity index is 1090. The van der Waals surface area contributed by atoms with Crippen LogP contribution >= 0.6 is 0 Å². The molecule has 2 atom stereocenters. The van der Waals surface area contributed by atoms with Crippen molar-refractivity contribution in [2.75, 3.05) is 32.8 Å². The summed E-state index contributed by atoms with van der Waals surface area (Å²) in [5.74, 6) is 1.05. The predicted molar refractivity (Wildman–Crippen MR) is 129 cm³/mol. The van der Waals surface area contributed by atoms with Crippen molar-refractivity contribution >= 4 is 16.9 Å². The molecule has 1 amide bonds. The Balaban J connectivity index is 1.28. The number of hydrogen-bond donors (Lipinski definition) is 0. The number of furan rings is 1. The highest BCUT2D eigenvalue weighted by molar-refractivity contribution is 5.94. The third-order valence-corrected chi connectivity index (χ3v) is 7.16. The number of carbonyl (C=O) groups is 1. The lowest BCUT2D eigenvalue weighted by atomic mass is 9.97. The van der Waals surface area contributed by atoms with Crippen molar-refractivity contribution in [2.24, 2.45) is 0 Å². The Morgan fingerprint density at radius 1 is 1.06 bits per heavy atom. The zero-order chi connectivity index (χ0) is 22.8. The first kappa shape index (κ1) is 22.1. The topological polar surface area (TPSA) is 58.8 Å². The third kappa shape index (κ3) is 4.82. The number of piperidine rings is 1. The van der Waals surface area contributed by atoms with E-state index in [2.05, 4.69) is 35.9 Å². The third-order valence-electron chi connectivity index (χ3n) is 7.16. The second-order valence-electron chi connectivity index (χ2n) is 9.42. The van der Waals surface area contributed by atoms with Crippen molar-refractivity contribution in [3.05, 3.63) is 53.9 Å². The van der Waals surface area contributed by atoms with Gasteiger partial charge in [-0.2, -0.15) is 0 Å². The summed E-state index contributed by atoms with van der Waals surface area (Å²) in [4.78, 5) is 21.7. The molecule has 5 rings (SSSR count). The Labute approximate surface area is 195 Å². The Morgan fingerprint density at radius 3 is 2.58 bits per heavy atom. The van der Waals surface area contributed by atoms with Gasteiger partial charge in [0.2, 0.25) is 0 Å². The van der Waals surface area contributed by atoms with Crippen molar-refractivity contribution < 1.29 is 13.9 Å². The van der Waals surface area contributed by atoms with E-state index in [9.17, 15) is 4.79 Å². The fourth-order valence-corrected chi connectivity index (χ4v) is 5.18. The normalized spacial score (nSPS) is 22.1. The first-order valence-corrected chi connectivity index (χ1v) is 12.2. The van der Waals surface area contributed by atoms with E-state index in [1.54, 1.807) is 6.20 Å². The summed E-state index contributed by atoms with van der Waals surface area (Å²) >= 11 is 0. The van der Waals surface area contributed by atoms with Crippen LogP contribution in [-0.2, 0) is 11.2 Å². The van der Waals surface area contributed by atoms with Gasteiger partial charge in [0.1, 0.15) is 11.3 Å². The average molecular weight is 448 g/mol. The standard InChI is InChI=1S/C27H33N3O3/c1-19-4-3-5-20(2)30(19)11-10-24-17-23-16-21(7-9-26(23)33-24)25-8-6-22(18-28-25)27(31)29-12-14-32-15-13-29/h6-9,16-20H,3-5,10-15H2,1-2H3. The van der Waals surface area contributed by atoms with E-state index >= 15 is 0 Å². The molecule has 2 fully saturated rings. The van der Waals surface area contributed by atoms with E-state index in [1.165, 1.54) is 19.3 Å². The van der Waals surface area contributed by atoms with E-state index in [1.807, 2.05) is 29.2 Å². The Morgan fingerprint density at radius 2 is 1.85 bits per heavy atom. The van der Waals surface area contributed by atoms with Crippen LogP contribution in [0.25, 0.3) is 22.2 Å². The van der Waals surface area contributed by atoms with Crippen LogP contribution in [0.1, 0.15) is 49.2 Å². The molecule has 6 nitrogen and oxygen atoms in total. The largest absolute Gasteiger partial charge is 0.461 e. The van der Waals surface area contributed by atoms with Crippen molar-refractivity contribution in [2.45, 2.75) is 51.6 Å². The molecule has 2 aliphatic rings. The molecule has 2 unspecified atom stereocenters. The average Bonchev–Trinajstić information content (AvgIpc) is 3.26. The van der Waals surface area contributed by atoms with Gasteiger partial charge in [-0.05, 0) is 63.1 Å². The van der Waals surface area contributed by atoms with Gasteiger partial charge >= 0.3 is 0 Å². The quantitative estimate of drug-likeness (QED) is 0.564. The van der Waals surface area contributed by atoms with Gasteiger partial charge in [0.25, 0.3) is 5.91 Å². The zero-order valence-corrected chi connectivity index (χ0v) is 19.6. The van der Waals surface area contributed by atoms with Gasteiger partial charge in [-0.3, -0.25) is 14.7 Å². The molecular formula is C27H33N3O3. The zero-order valence-electron chi connectivity index (χ0n) is 19.6. The second kappa shape index (κ2) is 9.65. The summed E-state index contributed by atoms with van der Waals surface area (Å²) in [6.45, 7) is 8.18. The maximum Gasteiger partial charge on any atom is 0.255 e. The van der Waals surface area contributed by atoms with E-state index in [0.717, 1.165) is 41.0 Å². The molecule has 174 valence electrons. The number of benzene rings is 1. The SMILES string of the molecule is CC1CCCC(C)N1CCc1cc2cc(-c3ccc(C(=O)N4CCOCC4)cn3)ccc2o1. The number of pyridine rings is 1. The first-order chi connectivity index (χ1) is 16.1. The molecule has 6 heteroatoms. The number of amides is 1. The minimum Gasteiger partial charge on any atom is -0.461 e. The fourth-order valence-electron chi connectivity index (χ4n) is 5.18. The number of carbonyl (C=O) groups excluding carboxylic acids is 1. The highest BCUT2D eigenvalue weighted by Crippen LogP contribution is 2.28. The molecule has 3 aromatic rings. The molecule has 2 aromatic heterocycles. The van der Waals surface area contributed by atoms with Gasteiger partial charge in [0.15, 0.2) is 0 Å². The van der Waals surface area contributed by atoms with Crippen LogP contribution in [0.15, 0.2) is 47.0 Å². The summed E-state index contributed by atoms with van der Waals surface area (Å²) < 4.78 is 11.5. The number of hydrogen-bond acceptors (Lipinski definition) is 5. The number of fused-ring (bicyclic) bond motifs is 1. The number of ether oxygens (including phenoxy) is 1. The van der Waals surface area contributed by atoms with Crippen LogP contribution in [0.4, 0.5) is 0 Å². The van der Waals surface area contributed by atoms with Crippen LogP contribution in [0.3, 0.4) is 0 Å². The van der Waals surface area contributed by atoms with Crippen LogP contribution in [0, 0.1) is 0 Å². The molecule has 33 heavy (non-hydrogen) atoms. The molecule has 0 saturated carbocycles. The molecule has 0 aliphatic carbocycles. The summed E-state index contributed by atoms with van der Waals surface area (Å²) in [5.41, 5.74) is 3.41. The highest BCUT2D eigenvalue weighted by Gasteiger charge is 2.24. The number of aromatic nitrogens is 1. The number of likely N-dealkylation sites (tertiary alicyclic amines) is 1. The van der Waals surface area contributed by atoms with Crippen LogP contribution in [0.2, 0.25) is 0 Å². The van der Waals surface area contributed by atoms with Gasteiger partial charge in [0.05, 0.1) is 24.5 Å². The summed E-state index contributed by atoms with van der Waals surface area (Å²) in [6.07, 6.45) is 6.52. The minimum atomic E-state index is 0.0182.